The lowest BCUT2D eigenvalue weighted by atomic mass is 10.1. The molecular formula is C15H15ClN2O3. The summed E-state index contributed by atoms with van der Waals surface area (Å²) < 4.78 is 5.54. The van der Waals surface area contributed by atoms with E-state index in [4.69, 9.17) is 22.1 Å². The predicted octanol–water partition coefficient (Wildman–Crippen LogP) is 3.84. The third-order valence-corrected chi connectivity index (χ3v) is 3.27. The second-order valence-corrected chi connectivity index (χ2v) is 4.97. The van der Waals surface area contributed by atoms with Crippen LogP contribution in [0.15, 0.2) is 42.5 Å². The van der Waals surface area contributed by atoms with E-state index in [2.05, 4.69) is 0 Å². The summed E-state index contributed by atoms with van der Waals surface area (Å²) in [7, 11) is 0. The predicted molar refractivity (Wildman–Crippen MR) is 82.8 cm³/mol. The van der Waals surface area contributed by atoms with Crippen molar-refractivity contribution in [1.82, 2.24) is 0 Å². The van der Waals surface area contributed by atoms with Crippen molar-refractivity contribution in [2.24, 2.45) is 0 Å². The van der Waals surface area contributed by atoms with Gasteiger partial charge in [0, 0.05) is 17.8 Å². The molecule has 2 aromatic rings. The van der Waals surface area contributed by atoms with Gasteiger partial charge in [-0.2, -0.15) is 0 Å². The molecule has 0 aliphatic heterocycles. The maximum absolute atomic E-state index is 10.6. The van der Waals surface area contributed by atoms with Crippen molar-refractivity contribution in [3.05, 3.63) is 63.2 Å². The van der Waals surface area contributed by atoms with Crippen molar-refractivity contribution in [3.63, 3.8) is 0 Å². The van der Waals surface area contributed by atoms with Crippen LogP contribution >= 0.6 is 11.6 Å². The highest BCUT2D eigenvalue weighted by atomic mass is 35.5. The number of nitro groups is 1. The largest absolute Gasteiger partial charge is 0.492 e. The molecule has 0 bridgehead atoms. The third-order valence-electron chi connectivity index (χ3n) is 2.97. The fraction of sp³-hybridized carbons (Fsp3) is 0.200. The molecule has 0 aliphatic carbocycles. The smallest absolute Gasteiger partial charge is 0.271 e. The molecule has 0 aromatic heterocycles. The lowest BCUT2D eigenvalue weighted by molar-refractivity contribution is -0.384. The van der Waals surface area contributed by atoms with E-state index in [0.717, 1.165) is 18.5 Å². The highest BCUT2D eigenvalue weighted by Gasteiger charge is 2.10. The van der Waals surface area contributed by atoms with Crippen molar-refractivity contribution in [3.8, 4) is 5.75 Å². The van der Waals surface area contributed by atoms with Crippen molar-refractivity contribution >= 4 is 23.0 Å². The van der Waals surface area contributed by atoms with Gasteiger partial charge >= 0.3 is 0 Å². The van der Waals surface area contributed by atoms with E-state index in [1.165, 1.54) is 23.8 Å². The van der Waals surface area contributed by atoms with Crippen LogP contribution in [0, 0.1) is 10.1 Å². The van der Waals surface area contributed by atoms with Gasteiger partial charge in [-0.25, -0.2) is 0 Å². The van der Waals surface area contributed by atoms with E-state index < -0.39 is 4.92 Å². The summed E-state index contributed by atoms with van der Waals surface area (Å²) in [5.74, 6) is 0.458. The van der Waals surface area contributed by atoms with E-state index in [-0.39, 0.29) is 10.7 Å². The van der Waals surface area contributed by atoms with E-state index in [1.54, 1.807) is 0 Å². The summed E-state index contributed by atoms with van der Waals surface area (Å²) in [5.41, 5.74) is 7.50. The molecule has 110 valence electrons. The van der Waals surface area contributed by atoms with Crippen LogP contribution in [-0.4, -0.2) is 11.5 Å². The molecule has 0 radical (unpaired) electrons. The van der Waals surface area contributed by atoms with E-state index >= 15 is 0 Å². The SMILES string of the molecule is Nc1ccc(CCCOc2ccc([N+](=O)[O-])cc2Cl)cc1. The number of non-ortho nitro benzene ring substituents is 1. The van der Waals surface area contributed by atoms with Gasteiger partial charge in [0.25, 0.3) is 5.69 Å². The summed E-state index contributed by atoms with van der Waals surface area (Å²) in [6.45, 7) is 0.488. The second-order valence-electron chi connectivity index (χ2n) is 4.57. The van der Waals surface area contributed by atoms with Crippen LogP contribution in [0.3, 0.4) is 0 Å². The number of nitrogens with two attached hydrogens (primary N) is 1. The number of nitro benzene ring substituents is 1. The molecule has 0 spiro atoms. The molecule has 21 heavy (non-hydrogen) atoms. The number of halogens is 1. The Hall–Kier alpha value is -2.27. The number of hydrogen-bond acceptors (Lipinski definition) is 4. The maximum Gasteiger partial charge on any atom is 0.271 e. The molecule has 2 rings (SSSR count). The summed E-state index contributed by atoms with van der Waals surface area (Å²) in [6.07, 6.45) is 1.68. The molecule has 2 aromatic carbocycles. The summed E-state index contributed by atoms with van der Waals surface area (Å²) >= 11 is 5.94. The summed E-state index contributed by atoms with van der Waals surface area (Å²) in [5, 5.41) is 10.8. The zero-order valence-electron chi connectivity index (χ0n) is 11.3. The zero-order chi connectivity index (χ0) is 15.2. The van der Waals surface area contributed by atoms with Crippen LogP contribution in [0.1, 0.15) is 12.0 Å². The first kappa shape index (κ1) is 15.1. The molecule has 0 amide bonds. The third kappa shape index (κ3) is 4.36. The van der Waals surface area contributed by atoms with Gasteiger partial charge in [-0.1, -0.05) is 23.7 Å². The highest BCUT2D eigenvalue weighted by molar-refractivity contribution is 6.32. The second kappa shape index (κ2) is 6.95. The first-order valence-electron chi connectivity index (χ1n) is 6.47. The average Bonchev–Trinajstić information content (AvgIpc) is 2.46. The van der Waals surface area contributed by atoms with Crippen LogP contribution in [0.4, 0.5) is 11.4 Å². The topological polar surface area (TPSA) is 78.4 Å². The Kier molecular flexibility index (Phi) is 5.00. The Morgan fingerprint density at radius 2 is 1.90 bits per heavy atom. The van der Waals surface area contributed by atoms with Crippen LogP contribution in [0.5, 0.6) is 5.75 Å². The molecule has 0 heterocycles. The lowest BCUT2D eigenvalue weighted by Gasteiger charge is -2.08. The van der Waals surface area contributed by atoms with Gasteiger partial charge in [-0.15, -0.1) is 0 Å². The Labute approximate surface area is 127 Å². The fourth-order valence-electron chi connectivity index (χ4n) is 1.86. The first-order valence-corrected chi connectivity index (χ1v) is 6.85. The minimum Gasteiger partial charge on any atom is -0.492 e. The maximum atomic E-state index is 10.6. The van der Waals surface area contributed by atoms with Crippen molar-refractivity contribution < 1.29 is 9.66 Å². The van der Waals surface area contributed by atoms with Gasteiger partial charge in [0.05, 0.1) is 16.6 Å². The van der Waals surface area contributed by atoms with Gasteiger partial charge in [0.2, 0.25) is 0 Å². The Bertz CT molecular complexity index is 629. The molecule has 2 N–H and O–H groups in total. The number of benzene rings is 2. The van der Waals surface area contributed by atoms with Crippen LogP contribution in [0.2, 0.25) is 5.02 Å². The molecule has 5 nitrogen and oxygen atoms in total. The first-order chi connectivity index (χ1) is 10.1. The molecule has 6 heteroatoms. The number of aryl methyl sites for hydroxylation is 1. The number of nitrogens with zero attached hydrogens (tertiary/aromatic N) is 1. The molecular weight excluding hydrogens is 292 g/mol. The van der Waals surface area contributed by atoms with Gasteiger partial charge in [0.1, 0.15) is 5.75 Å². The number of hydrogen-bond donors (Lipinski definition) is 1. The van der Waals surface area contributed by atoms with Crippen molar-refractivity contribution in [2.45, 2.75) is 12.8 Å². The van der Waals surface area contributed by atoms with Crippen molar-refractivity contribution in [2.75, 3.05) is 12.3 Å². The molecule has 0 unspecified atom stereocenters. The number of anilines is 1. The van der Waals surface area contributed by atoms with E-state index in [1.807, 2.05) is 24.3 Å². The molecule has 0 atom stereocenters. The summed E-state index contributed by atoms with van der Waals surface area (Å²) in [6, 6.07) is 11.9. The number of nitrogen functional groups attached to an aromatic ring is 1. The van der Waals surface area contributed by atoms with Crippen LogP contribution in [-0.2, 0) is 6.42 Å². The lowest BCUT2D eigenvalue weighted by Crippen LogP contribution is -2.00. The zero-order valence-corrected chi connectivity index (χ0v) is 12.0. The number of ether oxygens (including phenoxy) is 1. The Balaban J connectivity index is 1.83. The van der Waals surface area contributed by atoms with Crippen LogP contribution < -0.4 is 10.5 Å². The standard InChI is InChI=1S/C15H15ClN2O3/c16-14-10-13(18(19)20)7-8-15(14)21-9-1-2-11-3-5-12(17)6-4-11/h3-8,10H,1-2,9,17H2. The molecule has 0 saturated heterocycles. The molecule has 0 fully saturated rings. The average molecular weight is 307 g/mol. The van der Waals surface area contributed by atoms with Gasteiger partial charge in [-0.05, 0) is 36.6 Å². The quantitative estimate of drug-likeness (QED) is 0.380. The Morgan fingerprint density at radius 1 is 1.19 bits per heavy atom. The minimum absolute atomic E-state index is 0.0470. The van der Waals surface area contributed by atoms with E-state index in [9.17, 15) is 10.1 Å². The Morgan fingerprint density at radius 3 is 2.52 bits per heavy atom. The normalized spacial score (nSPS) is 10.3. The molecule has 0 aliphatic rings. The summed E-state index contributed by atoms with van der Waals surface area (Å²) in [4.78, 5) is 10.1. The van der Waals surface area contributed by atoms with E-state index in [0.29, 0.717) is 12.4 Å². The number of rotatable bonds is 6. The molecule has 0 saturated carbocycles. The fourth-order valence-corrected chi connectivity index (χ4v) is 2.09. The minimum atomic E-state index is -0.489. The van der Waals surface area contributed by atoms with Gasteiger partial charge < -0.3 is 10.5 Å². The van der Waals surface area contributed by atoms with Gasteiger partial charge in [0.15, 0.2) is 0 Å². The van der Waals surface area contributed by atoms with Gasteiger partial charge in [-0.3, -0.25) is 10.1 Å². The van der Waals surface area contributed by atoms with Crippen LogP contribution in [0.25, 0.3) is 0 Å². The highest BCUT2D eigenvalue weighted by Crippen LogP contribution is 2.28. The monoisotopic (exact) mass is 306 g/mol. The van der Waals surface area contributed by atoms with Crippen molar-refractivity contribution in [1.29, 1.82) is 0 Å².